The Hall–Kier alpha value is -2.07. The number of anilines is 1. The summed E-state index contributed by atoms with van der Waals surface area (Å²) in [5.74, 6) is 0.214. The number of nitrogens with zero attached hydrogens (tertiary/aromatic N) is 1. The second-order valence-electron chi connectivity index (χ2n) is 5.85. The van der Waals surface area contributed by atoms with Gasteiger partial charge >= 0.3 is 0 Å². The fraction of sp³-hybridized carbons (Fsp3) is 0.400. The van der Waals surface area contributed by atoms with E-state index in [0.29, 0.717) is 34.3 Å². The number of aryl methyl sites for hydroxylation is 4. The zero-order valence-electron chi connectivity index (χ0n) is 15.5. The number of aromatic nitrogens is 1. The summed E-state index contributed by atoms with van der Waals surface area (Å²) in [5.41, 5.74) is 4.72. The van der Waals surface area contributed by atoms with E-state index >= 15 is 0 Å². The quantitative estimate of drug-likeness (QED) is 0.777. The first-order valence-electron chi connectivity index (χ1n) is 8.66. The number of hydrogen-bond donors (Lipinski definition) is 1. The molecule has 0 spiro atoms. The first-order valence-corrected chi connectivity index (χ1v) is 9.03. The van der Waals surface area contributed by atoms with Gasteiger partial charge in [-0.3, -0.25) is 9.78 Å². The van der Waals surface area contributed by atoms with Gasteiger partial charge in [-0.15, -0.1) is 0 Å². The minimum absolute atomic E-state index is 0.258. The van der Waals surface area contributed by atoms with E-state index in [4.69, 9.17) is 16.3 Å². The van der Waals surface area contributed by atoms with Crippen molar-refractivity contribution in [2.45, 2.75) is 47.5 Å². The molecule has 0 saturated carbocycles. The molecule has 2 aromatic rings. The van der Waals surface area contributed by atoms with Crippen molar-refractivity contribution in [1.82, 2.24) is 4.98 Å². The van der Waals surface area contributed by atoms with E-state index in [1.54, 1.807) is 6.92 Å². The molecule has 134 valence electrons. The summed E-state index contributed by atoms with van der Waals surface area (Å²) in [5, 5.41) is 3.36. The summed E-state index contributed by atoms with van der Waals surface area (Å²) >= 11 is 6.48. The summed E-state index contributed by atoms with van der Waals surface area (Å²) < 4.78 is 5.58. The third-order valence-corrected chi connectivity index (χ3v) is 4.56. The molecule has 25 heavy (non-hydrogen) atoms. The van der Waals surface area contributed by atoms with Crippen molar-refractivity contribution in [2.75, 3.05) is 11.9 Å². The lowest BCUT2D eigenvalue weighted by Crippen LogP contribution is -2.18. The van der Waals surface area contributed by atoms with Gasteiger partial charge in [-0.05, 0) is 44.7 Å². The molecule has 0 fully saturated rings. The van der Waals surface area contributed by atoms with Crippen molar-refractivity contribution >= 4 is 23.2 Å². The summed E-state index contributed by atoms with van der Waals surface area (Å²) in [7, 11) is 0. The Bertz CT molecular complexity index is 766. The van der Waals surface area contributed by atoms with Crippen LogP contribution in [0.2, 0.25) is 5.02 Å². The van der Waals surface area contributed by atoms with Crippen LogP contribution >= 0.6 is 11.6 Å². The van der Waals surface area contributed by atoms with Crippen molar-refractivity contribution in [3.63, 3.8) is 0 Å². The Labute approximate surface area is 154 Å². The monoisotopic (exact) mass is 360 g/mol. The van der Waals surface area contributed by atoms with Crippen LogP contribution in [-0.4, -0.2) is 17.5 Å². The van der Waals surface area contributed by atoms with Crippen molar-refractivity contribution < 1.29 is 9.53 Å². The molecule has 1 aromatic carbocycles. The van der Waals surface area contributed by atoms with Gasteiger partial charge in [0, 0.05) is 5.69 Å². The lowest BCUT2D eigenvalue weighted by Gasteiger charge is -2.17. The van der Waals surface area contributed by atoms with Crippen LogP contribution in [0.15, 0.2) is 18.2 Å². The van der Waals surface area contributed by atoms with Crippen LogP contribution < -0.4 is 10.1 Å². The molecule has 5 heteroatoms. The number of pyridine rings is 1. The molecule has 0 atom stereocenters. The van der Waals surface area contributed by atoms with Crippen LogP contribution in [0.25, 0.3) is 0 Å². The molecule has 0 aliphatic carbocycles. The first-order chi connectivity index (χ1) is 11.9. The number of benzene rings is 1. The van der Waals surface area contributed by atoms with Crippen LogP contribution in [0.1, 0.15) is 53.6 Å². The Morgan fingerprint density at radius 3 is 2.24 bits per heavy atom. The second kappa shape index (κ2) is 8.34. The summed E-state index contributed by atoms with van der Waals surface area (Å²) in [6.07, 6.45) is 1.68. The van der Waals surface area contributed by atoms with Crippen molar-refractivity contribution in [3.05, 3.63) is 51.3 Å². The maximum atomic E-state index is 13.0. The zero-order chi connectivity index (χ0) is 18.6. The van der Waals surface area contributed by atoms with E-state index in [1.807, 2.05) is 32.0 Å². The number of ether oxygens (including phenoxy) is 1. The van der Waals surface area contributed by atoms with E-state index in [0.717, 1.165) is 29.7 Å². The van der Waals surface area contributed by atoms with Crippen molar-refractivity contribution in [3.8, 4) is 5.75 Å². The number of carbonyl (C=O) groups excluding carboxylic acids is 1. The smallest absolute Gasteiger partial charge is 0.259 e. The average molecular weight is 361 g/mol. The summed E-state index contributed by atoms with van der Waals surface area (Å²) in [4.78, 5) is 17.4. The average Bonchev–Trinajstić information content (AvgIpc) is 2.58. The van der Waals surface area contributed by atoms with Gasteiger partial charge in [0.05, 0.1) is 28.6 Å². The van der Waals surface area contributed by atoms with Gasteiger partial charge < -0.3 is 10.1 Å². The number of halogens is 1. The van der Waals surface area contributed by atoms with E-state index in [2.05, 4.69) is 24.1 Å². The molecule has 0 radical (unpaired) electrons. The van der Waals surface area contributed by atoms with Crippen LogP contribution in [0.3, 0.4) is 0 Å². The van der Waals surface area contributed by atoms with E-state index in [1.165, 1.54) is 0 Å². The Morgan fingerprint density at radius 1 is 1.12 bits per heavy atom. The molecule has 0 aliphatic rings. The summed E-state index contributed by atoms with van der Waals surface area (Å²) in [6, 6.07) is 6.08. The fourth-order valence-electron chi connectivity index (χ4n) is 2.94. The number of carbonyl (C=O) groups is 1. The number of para-hydroxylation sites is 1. The molecule has 0 aliphatic heterocycles. The highest BCUT2D eigenvalue weighted by atomic mass is 35.5. The number of nitrogens with one attached hydrogen (secondary N) is 1. The maximum Gasteiger partial charge on any atom is 0.259 e. The van der Waals surface area contributed by atoms with Crippen LogP contribution in [0.5, 0.6) is 5.75 Å². The van der Waals surface area contributed by atoms with E-state index in [-0.39, 0.29) is 5.91 Å². The molecular formula is C20H25ClN2O2. The van der Waals surface area contributed by atoms with Gasteiger partial charge in [0.2, 0.25) is 0 Å². The highest BCUT2D eigenvalue weighted by Crippen LogP contribution is 2.33. The highest BCUT2D eigenvalue weighted by Gasteiger charge is 2.22. The van der Waals surface area contributed by atoms with Crippen molar-refractivity contribution in [2.24, 2.45) is 0 Å². The minimum atomic E-state index is -0.258. The van der Waals surface area contributed by atoms with Crippen LogP contribution in [0.4, 0.5) is 5.69 Å². The molecule has 4 nitrogen and oxygen atoms in total. The van der Waals surface area contributed by atoms with E-state index in [9.17, 15) is 4.79 Å². The molecule has 2 rings (SSSR count). The largest absolute Gasteiger partial charge is 0.490 e. The second-order valence-corrected chi connectivity index (χ2v) is 6.22. The molecule has 1 amide bonds. The topological polar surface area (TPSA) is 51.2 Å². The molecule has 0 saturated heterocycles. The van der Waals surface area contributed by atoms with Crippen LogP contribution in [0, 0.1) is 13.8 Å². The number of amides is 1. The van der Waals surface area contributed by atoms with Gasteiger partial charge in [0.25, 0.3) is 5.91 Å². The lowest BCUT2D eigenvalue weighted by atomic mass is 10.0. The Kier molecular flexibility index (Phi) is 6.43. The molecule has 0 unspecified atom stereocenters. The fourth-order valence-corrected chi connectivity index (χ4v) is 3.36. The van der Waals surface area contributed by atoms with Crippen molar-refractivity contribution in [1.29, 1.82) is 0 Å². The predicted octanol–water partition coefficient (Wildman–Crippen LogP) is 5.13. The number of rotatable bonds is 6. The van der Waals surface area contributed by atoms with E-state index < -0.39 is 0 Å². The first kappa shape index (κ1) is 19.3. The Morgan fingerprint density at radius 2 is 1.72 bits per heavy atom. The molecule has 0 bridgehead atoms. The van der Waals surface area contributed by atoms with Gasteiger partial charge in [-0.1, -0.05) is 43.6 Å². The normalized spacial score (nSPS) is 10.6. The minimum Gasteiger partial charge on any atom is -0.490 e. The highest BCUT2D eigenvalue weighted by molar-refractivity contribution is 6.36. The molecule has 1 aromatic heterocycles. The van der Waals surface area contributed by atoms with Gasteiger partial charge in [0.1, 0.15) is 0 Å². The van der Waals surface area contributed by atoms with Gasteiger partial charge in [-0.2, -0.15) is 0 Å². The van der Waals surface area contributed by atoms with Gasteiger partial charge in [0.15, 0.2) is 5.75 Å². The SMILES string of the molecule is CCOc1c(C)nc(C)c(C(=O)Nc2c(CC)cccc2CC)c1Cl. The third-order valence-electron chi connectivity index (χ3n) is 4.20. The Balaban J connectivity index is 2.48. The lowest BCUT2D eigenvalue weighted by molar-refractivity contribution is 0.102. The number of hydrogen-bond acceptors (Lipinski definition) is 3. The summed E-state index contributed by atoms with van der Waals surface area (Å²) in [6.45, 7) is 10.1. The molecule has 1 N–H and O–H groups in total. The molecular weight excluding hydrogens is 336 g/mol. The third kappa shape index (κ3) is 3.96. The van der Waals surface area contributed by atoms with Crippen LogP contribution in [-0.2, 0) is 12.8 Å². The predicted molar refractivity (Wildman–Crippen MR) is 103 cm³/mol. The standard InChI is InChI=1S/C20H25ClN2O2/c1-6-14-10-9-11-15(7-2)18(14)23-20(24)16-12(4)22-13(5)19(17(16)21)25-8-3/h9-11H,6-8H2,1-5H3,(H,23,24). The van der Waals surface area contributed by atoms with Gasteiger partial charge in [-0.25, -0.2) is 0 Å². The maximum absolute atomic E-state index is 13.0. The molecule has 1 heterocycles. The zero-order valence-corrected chi connectivity index (χ0v) is 16.3.